The third-order valence-corrected chi connectivity index (χ3v) is 8.35. The van der Waals surface area contributed by atoms with Crippen molar-refractivity contribution in [2.45, 2.75) is 104 Å². The Balaban J connectivity index is 1.65. The number of carbonyl (C=O) groups excluding carboxylic acids is 1. The van der Waals surface area contributed by atoms with Crippen LogP contribution in [0.15, 0.2) is 47.1 Å². The molecule has 3 aliphatic carbocycles. The van der Waals surface area contributed by atoms with Crippen LogP contribution in [0.25, 0.3) is 0 Å². The molecule has 0 saturated heterocycles. The molecule has 0 aromatic carbocycles. The third kappa shape index (κ3) is 6.36. The minimum Gasteiger partial charge on any atom is -0.460 e. The average molecular weight is 487 g/mol. The Morgan fingerprint density at radius 1 is 1.20 bits per heavy atom. The molecule has 0 aliphatic heterocycles. The van der Waals surface area contributed by atoms with Crippen LogP contribution in [0.4, 0.5) is 0 Å². The molecule has 0 bridgehead atoms. The van der Waals surface area contributed by atoms with Crippen molar-refractivity contribution in [3.05, 3.63) is 47.1 Å². The number of esters is 1. The van der Waals surface area contributed by atoms with Crippen LogP contribution in [0.2, 0.25) is 0 Å². The quantitative estimate of drug-likeness (QED) is 0.341. The molecule has 2 saturated carbocycles. The Hall–Kier alpha value is -1.69. The molecule has 5 heteroatoms. The normalized spacial score (nSPS) is 32.5. The van der Waals surface area contributed by atoms with Gasteiger partial charge in [0.1, 0.15) is 12.7 Å². The summed E-state index contributed by atoms with van der Waals surface area (Å²) >= 11 is 0. The maximum Gasteiger partial charge on any atom is 0.332 e. The van der Waals surface area contributed by atoms with Crippen molar-refractivity contribution in [3.63, 3.8) is 0 Å². The molecule has 3 rings (SSSR count). The molecule has 5 atom stereocenters. The van der Waals surface area contributed by atoms with Gasteiger partial charge in [0.05, 0.1) is 18.3 Å². The lowest BCUT2D eigenvalue weighted by molar-refractivity contribution is -0.160. The highest BCUT2D eigenvalue weighted by Crippen LogP contribution is 2.55. The van der Waals surface area contributed by atoms with E-state index in [0.29, 0.717) is 18.8 Å². The van der Waals surface area contributed by atoms with Gasteiger partial charge in [-0.25, -0.2) is 4.79 Å². The van der Waals surface area contributed by atoms with E-state index >= 15 is 0 Å². The van der Waals surface area contributed by atoms with Crippen LogP contribution in [-0.4, -0.2) is 47.2 Å². The van der Waals surface area contributed by atoms with Crippen LogP contribution in [0.3, 0.4) is 0 Å². The first kappa shape index (κ1) is 27.9. The minimum absolute atomic E-state index is 0.00686. The Morgan fingerprint density at radius 2 is 1.89 bits per heavy atom. The summed E-state index contributed by atoms with van der Waals surface area (Å²) in [6, 6.07) is 0. The third-order valence-electron chi connectivity index (χ3n) is 8.35. The van der Waals surface area contributed by atoms with Gasteiger partial charge in [-0.1, -0.05) is 65.0 Å². The van der Waals surface area contributed by atoms with Crippen molar-refractivity contribution in [1.29, 1.82) is 0 Å². The van der Waals surface area contributed by atoms with Crippen molar-refractivity contribution in [2.24, 2.45) is 23.2 Å². The number of allylic oxidation sites excluding steroid dienone is 4. The second-order valence-electron chi connectivity index (χ2n) is 11.7. The number of hydrogen-bond donors (Lipinski definition) is 2. The maximum atomic E-state index is 12.5. The van der Waals surface area contributed by atoms with Gasteiger partial charge in [-0.15, -0.1) is 0 Å². The van der Waals surface area contributed by atoms with Crippen LogP contribution in [-0.2, 0) is 14.3 Å². The van der Waals surface area contributed by atoms with E-state index in [9.17, 15) is 15.0 Å². The number of carbonyl (C=O) groups is 1. The predicted molar refractivity (Wildman–Crippen MR) is 140 cm³/mol. The van der Waals surface area contributed by atoms with Crippen molar-refractivity contribution >= 4 is 5.97 Å². The van der Waals surface area contributed by atoms with E-state index in [4.69, 9.17) is 9.47 Å². The number of ether oxygens (including phenoxy) is 2. The molecule has 0 unspecified atom stereocenters. The van der Waals surface area contributed by atoms with E-state index in [1.54, 1.807) is 0 Å². The Bertz CT molecular complexity index is 871. The van der Waals surface area contributed by atoms with Gasteiger partial charge in [-0.2, -0.15) is 0 Å². The molecule has 0 aromatic rings. The fourth-order valence-corrected chi connectivity index (χ4v) is 6.46. The fourth-order valence-electron chi connectivity index (χ4n) is 6.46. The van der Waals surface area contributed by atoms with Gasteiger partial charge in [-0.3, -0.25) is 0 Å². The van der Waals surface area contributed by atoms with Crippen molar-refractivity contribution in [1.82, 2.24) is 0 Å². The summed E-state index contributed by atoms with van der Waals surface area (Å²) in [4.78, 5) is 12.5. The van der Waals surface area contributed by atoms with Gasteiger partial charge in [0, 0.05) is 6.42 Å². The summed E-state index contributed by atoms with van der Waals surface area (Å²) in [5.74, 6) is 0.651. The van der Waals surface area contributed by atoms with Gasteiger partial charge in [0.2, 0.25) is 0 Å². The van der Waals surface area contributed by atoms with E-state index in [1.165, 1.54) is 11.1 Å². The van der Waals surface area contributed by atoms with Crippen molar-refractivity contribution in [3.8, 4) is 0 Å². The lowest BCUT2D eigenvalue weighted by Gasteiger charge is -2.42. The van der Waals surface area contributed by atoms with E-state index in [0.717, 1.165) is 36.8 Å². The topological polar surface area (TPSA) is 76.0 Å². The molecule has 196 valence electrons. The highest BCUT2D eigenvalue weighted by atomic mass is 16.6. The Morgan fingerprint density at radius 3 is 2.54 bits per heavy atom. The lowest BCUT2D eigenvalue weighted by Crippen LogP contribution is -2.36. The molecule has 0 spiro atoms. The van der Waals surface area contributed by atoms with Gasteiger partial charge in [0.15, 0.2) is 0 Å². The number of aliphatic hydroxyl groups excluding tert-OH is 2. The van der Waals surface area contributed by atoms with Gasteiger partial charge in [-0.05, 0) is 78.9 Å². The number of aliphatic hydroxyl groups is 2. The first-order chi connectivity index (χ1) is 16.4. The van der Waals surface area contributed by atoms with Gasteiger partial charge in [0.25, 0.3) is 0 Å². The van der Waals surface area contributed by atoms with Crippen molar-refractivity contribution < 1.29 is 24.5 Å². The second kappa shape index (κ2) is 11.6. The molecule has 2 fully saturated rings. The van der Waals surface area contributed by atoms with Crippen LogP contribution in [0.5, 0.6) is 0 Å². The van der Waals surface area contributed by atoms with Crippen LogP contribution in [0.1, 0.15) is 80.1 Å². The zero-order chi connectivity index (χ0) is 25.9. The second-order valence-corrected chi connectivity index (χ2v) is 11.7. The number of fused-ring (bicyclic) bond motifs is 1. The van der Waals surface area contributed by atoms with E-state index in [1.807, 2.05) is 6.92 Å². The molecule has 5 nitrogen and oxygen atoms in total. The highest BCUT2D eigenvalue weighted by Gasteiger charge is 2.46. The maximum absolute atomic E-state index is 12.5. The first-order valence-electron chi connectivity index (χ1n) is 13.4. The first-order valence-corrected chi connectivity index (χ1v) is 13.4. The summed E-state index contributed by atoms with van der Waals surface area (Å²) in [5, 5.41) is 20.2. The SMILES string of the molecule is C=C1C(=CC=C2CCC[C@]3(C)C([C@H](C)OCC(=O)OC(C(C)C)C(C)C)=CC[C@@H]23)C[C@@H](O)C[C@@H]1O. The molecule has 0 heterocycles. The average Bonchev–Trinajstić information content (AvgIpc) is 3.14. The summed E-state index contributed by atoms with van der Waals surface area (Å²) in [6.07, 6.45) is 10.3. The Labute approximate surface area is 212 Å². The smallest absolute Gasteiger partial charge is 0.332 e. The Kier molecular flexibility index (Phi) is 9.22. The van der Waals surface area contributed by atoms with Crippen LogP contribution < -0.4 is 0 Å². The molecule has 3 aliphatic rings. The van der Waals surface area contributed by atoms with E-state index in [2.05, 4.69) is 59.4 Å². The lowest BCUT2D eigenvalue weighted by atomic mass is 9.63. The van der Waals surface area contributed by atoms with Gasteiger partial charge < -0.3 is 19.7 Å². The highest BCUT2D eigenvalue weighted by molar-refractivity contribution is 5.71. The molecule has 2 N–H and O–H groups in total. The zero-order valence-corrected chi connectivity index (χ0v) is 22.5. The number of hydrogen-bond acceptors (Lipinski definition) is 5. The summed E-state index contributed by atoms with van der Waals surface area (Å²) in [5.41, 5.74) is 4.36. The standard InChI is InChI=1S/C30H46O5/c1-18(2)29(19(3)4)35-28(33)17-34-21(6)25-12-13-26-22(9-8-14-30(25,26)7)10-11-23-15-24(31)16-27(32)20(23)5/h10-12,18-19,21,24,26-27,29,31-32H,5,8-9,13-17H2,1-4,6-7H3/t21-,24+,26-,27-,30+/m0/s1. The number of rotatable bonds is 8. The summed E-state index contributed by atoms with van der Waals surface area (Å²) < 4.78 is 11.8. The summed E-state index contributed by atoms with van der Waals surface area (Å²) in [7, 11) is 0. The predicted octanol–water partition coefficient (Wildman–Crippen LogP) is 5.68. The molecular formula is C30H46O5. The van der Waals surface area contributed by atoms with Crippen molar-refractivity contribution in [2.75, 3.05) is 6.61 Å². The largest absolute Gasteiger partial charge is 0.460 e. The van der Waals surface area contributed by atoms with Crippen LogP contribution >= 0.6 is 0 Å². The monoisotopic (exact) mass is 486 g/mol. The van der Waals surface area contributed by atoms with Gasteiger partial charge >= 0.3 is 5.97 Å². The van der Waals surface area contributed by atoms with Crippen LogP contribution in [0, 0.1) is 23.2 Å². The molecule has 0 aromatic heterocycles. The zero-order valence-electron chi connectivity index (χ0n) is 22.5. The fraction of sp³-hybridized carbons (Fsp3) is 0.700. The summed E-state index contributed by atoms with van der Waals surface area (Å²) in [6.45, 7) is 16.7. The minimum atomic E-state index is -0.666. The molecule has 0 amide bonds. The van der Waals surface area contributed by atoms with E-state index < -0.39 is 12.2 Å². The molecule has 35 heavy (non-hydrogen) atoms. The molecular weight excluding hydrogens is 440 g/mol. The molecule has 0 radical (unpaired) electrons. The van der Waals surface area contributed by atoms with E-state index in [-0.39, 0.29) is 42.0 Å².